The first-order valence-corrected chi connectivity index (χ1v) is 15.3. The lowest BCUT2D eigenvalue weighted by Gasteiger charge is -2.31. The normalized spacial score (nSPS) is 24.1. The lowest BCUT2D eigenvalue weighted by Crippen LogP contribution is -2.46. The van der Waals surface area contributed by atoms with Crippen molar-refractivity contribution in [1.29, 1.82) is 0 Å². The Labute approximate surface area is 256 Å². The van der Waals surface area contributed by atoms with E-state index in [9.17, 15) is 19.1 Å². The van der Waals surface area contributed by atoms with E-state index < -0.39 is 53.8 Å². The number of nitrogens with zero attached hydrogens (tertiary/aromatic N) is 4. The molecule has 0 spiro atoms. The minimum absolute atomic E-state index is 0.0426. The summed E-state index contributed by atoms with van der Waals surface area (Å²) in [7, 11) is 0. The molecule has 2 fully saturated rings. The van der Waals surface area contributed by atoms with Crippen LogP contribution in [0, 0.1) is 11.2 Å². The van der Waals surface area contributed by atoms with Crippen molar-refractivity contribution in [2.24, 2.45) is 10.4 Å². The second-order valence-electron chi connectivity index (χ2n) is 11.6. The monoisotopic (exact) mass is 639 g/mol. The zero-order chi connectivity index (χ0) is 31.1. The van der Waals surface area contributed by atoms with Crippen LogP contribution in [0.2, 0.25) is 5.02 Å². The largest absolute Gasteiger partial charge is 0.481 e. The van der Waals surface area contributed by atoms with Gasteiger partial charge in [-0.3, -0.25) is 19.6 Å². The van der Waals surface area contributed by atoms with Gasteiger partial charge in [-0.15, -0.1) is 11.3 Å². The Morgan fingerprint density at radius 1 is 1.30 bits per heavy atom. The molecule has 3 aliphatic rings. The summed E-state index contributed by atoms with van der Waals surface area (Å²) in [5.74, 6) is -4.96. The smallest absolute Gasteiger partial charge is 0.338 e. The number of carboxylic acids is 1. The number of carboxylic acid groups (broad SMARTS) is 1. The number of halogens is 4. The van der Waals surface area contributed by atoms with Crippen LogP contribution >= 0.6 is 22.9 Å². The van der Waals surface area contributed by atoms with Gasteiger partial charge >= 0.3 is 11.9 Å². The average Bonchev–Trinajstić information content (AvgIpc) is 3.66. The molecule has 3 atom stereocenters. The molecule has 0 aliphatic carbocycles. The van der Waals surface area contributed by atoms with Gasteiger partial charge in [-0.05, 0) is 52.3 Å². The summed E-state index contributed by atoms with van der Waals surface area (Å²) in [6.45, 7) is 4.93. The Morgan fingerprint density at radius 3 is 2.72 bits per heavy atom. The number of nitrogens with one attached hydrogen (secondary N) is 1. The summed E-state index contributed by atoms with van der Waals surface area (Å²) in [5, 5.41) is 15.0. The predicted molar refractivity (Wildman–Crippen MR) is 156 cm³/mol. The van der Waals surface area contributed by atoms with Crippen molar-refractivity contribution in [3.05, 3.63) is 62.5 Å². The van der Waals surface area contributed by atoms with E-state index in [4.69, 9.17) is 21.3 Å². The topological polar surface area (TPSA) is 107 Å². The van der Waals surface area contributed by atoms with Gasteiger partial charge in [0.25, 0.3) is 5.92 Å². The van der Waals surface area contributed by atoms with E-state index in [0.717, 1.165) is 6.07 Å². The fourth-order valence-corrected chi connectivity index (χ4v) is 6.83. The summed E-state index contributed by atoms with van der Waals surface area (Å²) in [6.07, 6.45) is 2.28. The van der Waals surface area contributed by atoms with E-state index in [2.05, 4.69) is 10.3 Å². The van der Waals surface area contributed by atoms with Gasteiger partial charge in [-0.2, -0.15) is 0 Å². The van der Waals surface area contributed by atoms with Crippen molar-refractivity contribution >= 4 is 40.7 Å². The van der Waals surface area contributed by atoms with Crippen LogP contribution in [-0.4, -0.2) is 88.5 Å². The number of aromatic nitrogens is 1. The molecule has 232 valence electrons. The number of benzene rings is 1. The molecule has 0 saturated carbocycles. The molecule has 43 heavy (non-hydrogen) atoms. The Morgan fingerprint density at radius 2 is 2.07 bits per heavy atom. The van der Waals surface area contributed by atoms with E-state index in [1.807, 2.05) is 0 Å². The number of thiazole rings is 1. The van der Waals surface area contributed by atoms with Crippen LogP contribution in [0.15, 0.2) is 46.0 Å². The molecule has 14 heteroatoms. The maximum Gasteiger partial charge on any atom is 0.338 e. The highest BCUT2D eigenvalue weighted by Gasteiger charge is 2.59. The summed E-state index contributed by atoms with van der Waals surface area (Å²) < 4.78 is 50.6. The molecule has 4 heterocycles. The molecule has 2 aromatic rings. The number of carbonyl (C=O) groups excluding carboxylic acids is 1. The molecule has 1 aromatic carbocycles. The SMILES string of the molecule is CCOC(=O)C1=C(CN2CC(F)(F)C3C2CCN3CCC(C)(C)C(=O)O)NC(c2nccs2)=N[C@H]1c1ccc(F)cc1Cl. The molecule has 0 amide bonds. The first-order chi connectivity index (χ1) is 20.3. The summed E-state index contributed by atoms with van der Waals surface area (Å²) in [6, 6.07) is 1.16. The number of amidine groups is 1. The standard InChI is InChI=1S/C29H33ClF3N5O4S/c1-4-42-26(39)21-19(35-24(25-34-9-12-43-25)36-22(21)17-6-5-16(31)13-18(17)30)14-38-15-29(32,33)23-20(38)7-10-37(23)11-8-28(2,3)27(40)41/h5-6,9,12-13,20,22-23H,4,7-8,10-11,14-15H2,1-3H3,(H,35,36)(H,40,41)/t20?,22-,23?/m0/s1. The first kappa shape index (κ1) is 31.4. The Balaban J connectivity index is 1.50. The van der Waals surface area contributed by atoms with E-state index in [1.54, 1.807) is 42.1 Å². The van der Waals surface area contributed by atoms with Crippen LogP contribution in [0.25, 0.3) is 0 Å². The molecule has 2 N–H and O–H groups in total. The number of aliphatic carboxylic acids is 1. The second-order valence-corrected chi connectivity index (χ2v) is 12.9. The summed E-state index contributed by atoms with van der Waals surface area (Å²) in [4.78, 5) is 37.4. The number of esters is 1. The quantitative estimate of drug-likeness (QED) is 0.359. The molecule has 2 unspecified atom stereocenters. The minimum Gasteiger partial charge on any atom is -0.481 e. The Kier molecular flexibility index (Phi) is 8.90. The number of aliphatic imine (C=N–C) groups is 1. The molecule has 0 radical (unpaired) electrons. The van der Waals surface area contributed by atoms with E-state index in [0.29, 0.717) is 35.1 Å². The number of likely N-dealkylation sites (tertiary alicyclic amines) is 2. The van der Waals surface area contributed by atoms with Crippen LogP contribution in [0.5, 0.6) is 0 Å². The number of carbonyl (C=O) groups is 2. The highest BCUT2D eigenvalue weighted by molar-refractivity contribution is 7.11. The summed E-state index contributed by atoms with van der Waals surface area (Å²) in [5.41, 5.74) is -0.262. The molecular weight excluding hydrogens is 607 g/mol. The van der Waals surface area contributed by atoms with Crippen LogP contribution < -0.4 is 5.32 Å². The van der Waals surface area contributed by atoms with Crippen LogP contribution in [0.4, 0.5) is 13.2 Å². The van der Waals surface area contributed by atoms with E-state index >= 15 is 8.78 Å². The number of alkyl halides is 2. The maximum absolute atomic E-state index is 15.6. The van der Waals surface area contributed by atoms with Crippen molar-refractivity contribution in [3.8, 4) is 0 Å². The second kappa shape index (κ2) is 12.2. The van der Waals surface area contributed by atoms with Gasteiger partial charge in [0.15, 0.2) is 10.8 Å². The Bertz CT molecular complexity index is 1450. The van der Waals surface area contributed by atoms with Gasteiger partial charge in [0.05, 0.1) is 30.2 Å². The predicted octanol–water partition coefficient (Wildman–Crippen LogP) is 4.74. The molecule has 1 aromatic heterocycles. The fraction of sp³-hybridized carbons (Fsp3) is 0.517. The third-order valence-corrected chi connectivity index (χ3v) is 9.37. The highest BCUT2D eigenvalue weighted by Crippen LogP contribution is 2.43. The molecule has 2 saturated heterocycles. The maximum atomic E-state index is 15.6. The highest BCUT2D eigenvalue weighted by atomic mass is 35.5. The van der Waals surface area contributed by atoms with Crippen molar-refractivity contribution in [1.82, 2.24) is 20.1 Å². The molecule has 0 bridgehead atoms. The van der Waals surface area contributed by atoms with Gasteiger partial charge in [0.2, 0.25) is 0 Å². The molecular formula is C29H33ClF3N5O4S. The van der Waals surface area contributed by atoms with Crippen LogP contribution in [0.1, 0.15) is 50.2 Å². The van der Waals surface area contributed by atoms with Crippen LogP contribution in [-0.2, 0) is 14.3 Å². The Hall–Kier alpha value is -3.00. The average molecular weight is 640 g/mol. The fourth-order valence-electron chi connectivity index (χ4n) is 5.97. The van der Waals surface area contributed by atoms with Gasteiger partial charge in [0.1, 0.15) is 11.9 Å². The number of rotatable bonds is 10. The first-order valence-electron chi connectivity index (χ1n) is 14.0. The van der Waals surface area contributed by atoms with Gasteiger partial charge in [-0.1, -0.05) is 17.7 Å². The minimum atomic E-state index is -3.07. The zero-order valence-corrected chi connectivity index (χ0v) is 25.5. The molecule has 3 aliphatic heterocycles. The number of fused-ring (bicyclic) bond motifs is 1. The number of ether oxygens (including phenoxy) is 1. The van der Waals surface area contributed by atoms with Crippen molar-refractivity contribution < 1.29 is 32.6 Å². The van der Waals surface area contributed by atoms with Crippen molar-refractivity contribution in [2.45, 2.75) is 57.7 Å². The number of hydrogen-bond acceptors (Lipinski definition) is 9. The van der Waals surface area contributed by atoms with Gasteiger partial charge < -0.3 is 15.2 Å². The van der Waals surface area contributed by atoms with Crippen molar-refractivity contribution in [3.63, 3.8) is 0 Å². The van der Waals surface area contributed by atoms with E-state index in [-0.39, 0.29) is 36.7 Å². The molecule has 5 rings (SSSR count). The third-order valence-electron chi connectivity index (χ3n) is 8.26. The lowest BCUT2D eigenvalue weighted by molar-refractivity contribution is -0.147. The summed E-state index contributed by atoms with van der Waals surface area (Å²) >= 11 is 7.74. The van der Waals surface area contributed by atoms with Crippen LogP contribution in [0.3, 0.4) is 0 Å². The van der Waals surface area contributed by atoms with E-state index in [1.165, 1.54) is 23.5 Å². The van der Waals surface area contributed by atoms with Crippen molar-refractivity contribution in [2.75, 3.05) is 32.8 Å². The van der Waals surface area contributed by atoms with Gasteiger partial charge in [0, 0.05) is 47.0 Å². The zero-order valence-electron chi connectivity index (χ0n) is 23.9. The lowest BCUT2D eigenvalue weighted by atomic mass is 9.89. The number of hydrogen-bond donors (Lipinski definition) is 2. The molecule has 9 nitrogen and oxygen atoms in total. The third kappa shape index (κ3) is 6.31. The van der Waals surface area contributed by atoms with Gasteiger partial charge in [-0.25, -0.2) is 22.9 Å².